The largest absolute Gasteiger partial charge is 0.337 e. The van der Waals surface area contributed by atoms with Gasteiger partial charge in [0, 0.05) is 5.56 Å². The molecule has 0 saturated carbocycles. The molecule has 4 aromatic rings. The maximum Gasteiger partial charge on any atom is 0.325 e. The van der Waals surface area contributed by atoms with Crippen LogP contribution in [0.2, 0.25) is 0 Å². The molecular formula is C24H20N4O3. The van der Waals surface area contributed by atoms with Crippen LogP contribution in [0.1, 0.15) is 23.9 Å². The Morgan fingerprint density at radius 3 is 2.52 bits per heavy atom. The van der Waals surface area contributed by atoms with Crippen LogP contribution >= 0.6 is 0 Å². The second kappa shape index (κ2) is 7.05. The number of benzene rings is 3. The predicted octanol–water partition coefficient (Wildman–Crippen LogP) is 4.17. The van der Waals surface area contributed by atoms with Crippen LogP contribution in [-0.2, 0) is 16.9 Å². The van der Waals surface area contributed by atoms with E-state index in [2.05, 4.69) is 15.5 Å². The van der Waals surface area contributed by atoms with Crippen LogP contribution in [0.4, 0.5) is 4.79 Å². The number of nitrogens with one attached hydrogen (secondary N) is 1. The van der Waals surface area contributed by atoms with Crippen molar-refractivity contribution in [3.63, 3.8) is 0 Å². The van der Waals surface area contributed by atoms with E-state index in [-0.39, 0.29) is 18.3 Å². The van der Waals surface area contributed by atoms with E-state index in [1.165, 1.54) is 0 Å². The molecule has 7 nitrogen and oxygen atoms in total. The third-order valence-electron chi connectivity index (χ3n) is 5.67. The van der Waals surface area contributed by atoms with E-state index in [1.54, 1.807) is 6.92 Å². The summed E-state index contributed by atoms with van der Waals surface area (Å²) in [6.45, 7) is 3.62. The second-order valence-corrected chi connectivity index (χ2v) is 7.89. The van der Waals surface area contributed by atoms with Gasteiger partial charge < -0.3 is 9.84 Å². The van der Waals surface area contributed by atoms with E-state index in [9.17, 15) is 9.59 Å². The van der Waals surface area contributed by atoms with Crippen LogP contribution < -0.4 is 5.32 Å². The lowest BCUT2D eigenvalue weighted by Crippen LogP contribution is -2.40. The number of amides is 3. The molecule has 0 spiro atoms. The molecule has 31 heavy (non-hydrogen) atoms. The Bertz CT molecular complexity index is 1310. The first-order chi connectivity index (χ1) is 14.9. The molecule has 154 valence electrons. The van der Waals surface area contributed by atoms with E-state index >= 15 is 0 Å². The van der Waals surface area contributed by atoms with Gasteiger partial charge in [0.15, 0.2) is 0 Å². The highest BCUT2D eigenvalue weighted by molar-refractivity contribution is 6.07. The fourth-order valence-corrected chi connectivity index (χ4v) is 3.81. The molecule has 0 radical (unpaired) electrons. The van der Waals surface area contributed by atoms with Gasteiger partial charge in [-0.2, -0.15) is 4.98 Å². The Balaban J connectivity index is 1.40. The highest BCUT2D eigenvalue weighted by atomic mass is 16.5. The highest BCUT2D eigenvalue weighted by Crippen LogP contribution is 2.32. The van der Waals surface area contributed by atoms with Gasteiger partial charge in [0.2, 0.25) is 11.7 Å². The number of aromatic nitrogens is 2. The van der Waals surface area contributed by atoms with Crippen LogP contribution in [0.25, 0.3) is 22.2 Å². The molecule has 2 heterocycles. The van der Waals surface area contributed by atoms with Crippen molar-refractivity contribution in [3.05, 3.63) is 83.7 Å². The molecule has 3 amide bonds. The number of imide groups is 1. The predicted molar refractivity (Wildman–Crippen MR) is 115 cm³/mol. The molecule has 0 bridgehead atoms. The van der Waals surface area contributed by atoms with Crippen LogP contribution in [0, 0.1) is 6.92 Å². The van der Waals surface area contributed by atoms with Gasteiger partial charge in [-0.3, -0.25) is 9.69 Å². The van der Waals surface area contributed by atoms with Crippen molar-refractivity contribution >= 4 is 22.7 Å². The molecule has 1 aliphatic rings. The number of nitrogens with zero attached hydrogens (tertiary/aromatic N) is 3. The molecule has 1 aliphatic heterocycles. The molecule has 1 saturated heterocycles. The Hall–Kier alpha value is -4.00. The van der Waals surface area contributed by atoms with Crippen molar-refractivity contribution in [1.82, 2.24) is 20.4 Å². The first kappa shape index (κ1) is 19.0. The van der Waals surface area contributed by atoms with Crippen LogP contribution in [-0.4, -0.2) is 27.0 Å². The summed E-state index contributed by atoms with van der Waals surface area (Å²) in [6, 6.07) is 20.8. The summed E-state index contributed by atoms with van der Waals surface area (Å²) in [5.74, 6) is 0.254. The number of carbonyl (C=O) groups is 2. The number of fused-ring (bicyclic) bond motifs is 1. The lowest BCUT2D eigenvalue weighted by atomic mass is 9.90. The molecule has 1 unspecified atom stereocenters. The maximum absolute atomic E-state index is 13.2. The van der Waals surface area contributed by atoms with Gasteiger partial charge in [0.25, 0.3) is 5.91 Å². The standard InChI is InChI=1S/C24H20N4O3/c1-15-7-9-17(10-8-15)21-25-20(31-27-21)14-28-22(29)24(2,26-23(28)30)19-12-11-16-5-3-4-6-18(16)13-19/h3-13H,14H2,1-2H3,(H,26,30). The normalized spacial score (nSPS) is 18.6. The van der Waals surface area contributed by atoms with E-state index < -0.39 is 11.6 Å². The number of carbonyl (C=O) groups excluding carboxylic acids is 2. The summed E-state index contributed by atoms with van der Waals surface area (Å²) in [6.07, 6.45) is 0. The molecule has 0 aliphatic carbocycles. The van der Waals surface area contributed by atoms with Gasteiger partial charge in [-0.05, 0) is 36.2 Å². The topological polar surface area (TPSA) is 88.3 Å². The summed E-state index contributed by atoms with van der Waals surface area (Å²) >= 11 is 0. The lowest BCUT2D eigenvalue weighted by Gasteiger charge is -2.22. The van der Waals surface area contributed by atoms with Crippen molar-refractivity contribution in [2.24, 2.45) is 0 Å². The fraction of sp³-hybridized carbons (Fsp3) is 0.167. The summed E-state index contributed by atoms with van der Waals surface area (Å²) in [5.41, 5.74) is 1.48. The first-order valence-electron chi connectivity index (χ1n) is 9.97. The van der Waals surface area contributed by atoms with Gasteiger partial charge in [0.1, 0.15) is 12.1 Å². The van der Waals surface area contributed by atoms with Gasteiger partial charge in [-0.1, -0.05) is 71.4 Å². The van der Waals surface area contributed by atoms with Gasteiger partial charge in [-0.15, -0.1) is 0 Å². The van der Waals surface area contributed by atoms with Crippen molar-refractivity contribution in [2.75, 3.05) is 0 Å². The lowest BCUT2D eigenvalue weighted by molar-refractivity contribution is -0.131. The molecule has 7 heteroatoms. The minimum atomic E-state index is -1.17. The van der Waals surface area contributed by atoms with Crippen LogP contribution in [0.15, 0.2) is 71.3 Å². The van der Waals surface area contributed by atoms with E-state index in [0.717, 1.165) is 32.4 Å². The Kier molecular flexibility index (Phi) is 4.32. The number of aryl methyl sites for hydroxylation is 1. The summed E-state index contributed by atoms with van der Waals surface area (Å²) in [4.78, 5) is 31.4. The molecule has 3 aromatic carbocycles. The Morgan fingerprint density at radius 2 is 1.74 bits per heavy atom. The van der Waals surface area contributed by atoms with Crippen LogP contribution in [0.5, 0.6) is 0 Å². The summed E-state index contributed by atoms with van der Waals surface area (Å²) in [5, 5.41) is 8.87. The van der Waals surface area contributed by atoms with E-state index in [1.807, 2.05) is 73.7 Å². The molecule has 1 N–H and O–H groups in total. The molecule has 5 rings (SSSR count). The van der Waals surface area contributed by atoms with Crippen molar-refractivity contribution in [2.45, 2.75) is 25.9 Å². The van der Waals surface area contributed by atoms with Crippen molar-refractivity contribution in [1.29, 1.82) is 0 Å². The minimum Gasteiger partial charge on any atom is -0.337 e. The average molecular weight is 412 g/mol. The zero-order valence-electron chi connectivity index (χ0n) is 17.1. The highest BCUT2D eigenvalue weighted by Gasteiger charge is 2.49. The van der Waals surface area contributed by atoms with Crippen LogP contribution in [0.3, 0.4) is 0 Å². The molecular weight excluding hydrogens is 392 g/mol. The van der Waals surface area contributed by atoms with E-state index in [0.29, 0.717) is 5.82 Å². The number of urea groups is 1. The average Bonchev–Trinajstić information content (AvgIpc) is 3.33. The molecule has 1 aromatic heterocycles. The number of rotatable bonds is 4. The van der Waals surface area contributed by atoms with Crippen molar-refractivity contribution in [3.8, 4) is 11.4 Å². The maximum atomic E-state index is 13.2. The number of hydrogen-bond donors (Lipinski definition) is 1. The summed E-state index contributed by atoms with van der Waals surface area (Å²) in [7, 11) is 0. The van der Waals surface area contributed by atoms with Gasteiger partial charge in [0.05, 0.1) is 0 Å². The zero-order valence-corrected chi connectivity index (χ0v) is 17.1. The van der Waals surface area contributed by atoms with Crippen molar-refractivity contribution < 1.29 is 14.1 Å². The molecule has 1 fully saturated rings. The zero-order chi connectivity index (χ0) is 21.6. The minimum absolute atomic E-state index is 0.0906. The van der Waals surface area contributed by atoms with Gasteiger partial charge >= 0.3 is 6.03 Å². The molecule has 1 atom stereocenters. The first-order valence-corrected chi connectivity index (χ1v) is 9.97. The third-order valence-corrected chi connectivity index (χ3v) is 5.67. The Morgan fingerprint density at radius 1 is 1.00 bits per heavy atom. The SMILES string of the molecule is Cc1ccc(-c2noc(CN3C(=O)NC(C)(c4ccc5ccccc5c4)C3=O)n2)cc1. The fourth-order valence-electron chi connectivity index (χ4n) is 3.81. The van der Waals surface area contributed by atoms with Gasteiger partial charge in [-0.25, -0.2) is 4.79 Å². The third kappa shape index (κ3) is 3.24. The van der Waals surface area contributed by atoms with E-state index in [4.69, 9.17) is 4.52 Å². The monoisotopic (exact) mass is 412 g/mol. The second-order valence-electron chi connectivity index (χ2n) is 7.89. The number of hydrogen-bond acceptors (Lipinski definition) is 5. The smallest absolute Gasteiger partial charge is 0.325 e. The quantitative estimate of drug-likeness (QED) is 0.509. The Labute approximate surface area is 178 Å². The summed E-state index contributed by atoms with van der Waals surface area (Å²) < 4.78 is 5.30.